The second-order valence-electron chi connectivity index (χ2n) is 4.16. The molecule has 88 valence electrons. The summed E-state index contributed by atoms with van der Waals surface area (Å²) >= 11 is 0. The lowest BCUT2D eigenvalue weighted by molar-refractivity contribution is 0.208. The van der Waals surface area contributed by atoms with Crippen LogP contribution in [-0.4, -0.2) is 29.2 Å². The molecule has 2 rings (SSSR count). The monoisotopic (exact) mass is 223 g/mol. The Bertz CT molecular complexity index is 361. The summed E-state index contributed by atoms with van der Waals surface area (Å²) in [6, 6.07) is 0.0116. The van der Waals surface area contributed by atoms with Crippen LogP contribution in [0.5, 0.6) is 0 Å². The number of urea groups is 1. The summed E-state index contributed by atoms with van der Waals surface area (Å²) in [6.45, 7) is 5.97. The molecule has 0 aromatic carbocycles. The molecule has 1 N–H and O–H groups in total. The Hall–Kier alpha value is -1.52. The molecule has 0 saturated carbocycles. The third-order valence-electron chi connectivity index (χ3n) is 2.99. The molecule has 2 heterocycles. The minimum Gasteiger partial charge on any atom is -0.361 e. The van der Waals surface area contributed by atoms with E-state index >= 15 is 0 Å². The van der Waals surface area contributed by atoms with Crippen LogP contribution < -0.4 is 5.32 Å². The maximum absolute atomic E-state index is 11.7. The first-order valence-corrected chi connectivity index (χ1v) is 5.63. The molecule has 1 aromatic rings. The van der Waals surface area contributed by atoms with E-state index in [0.717, 1.165) is 42.9 Å². The van der Waals surface area contributed by atoms with Crippen molar-refractivity contribution in [3.8, 4) is 0 Å². The topological polar surface area (TPSA) is 58.4 Å². The second kappa shape index (κ2) is 4.55. The summed E-state index contributed by atoms with van der Waals surface area (Å²) in [5.74, 6) is 0.777. The number of aryl methyl sites for hydroxylation is 2. The van der Waals surface area contributed by atoms with Gasteiger partial charge in [0.25, 0.3) is 0 Å². The third-order valence-corrected chi connectivity index (χ3v) is 2.99. The Kier molecular flexibility index (Phi) is 3.12. The number of nitrogens with zero attached hydrogens (tertiary/aromatic N) is 2. The second-order valence-corrected chi connectivity index (χ2v) is 4.16. The smallest absolute Gasteiger partial charge is 0.317 e. The minimum atomic E-state index is 0.0116. The summed E-state index contributed by atoms with van der Waals surface area (Å²) in [5, 5.41) is 6.75. The fraction of sp³-hybridized carbons (Fsp3) is 0.636. The Morgan fingerprint density at radius 1 is 1.44 bits per heavy atom. The predicted octanol–water partition coefficient (Wildman–Crippen LogP) is 1.60. The number of nitrogens with one attached hydrogen (secondary N) is 1. The molecule has 0 spiro atoms. The van der Waals surface area contributed by atoms with Gasteiger partial charge in [-0.2, -0.15) is 0 Å². The molecule has 1 fully saturated rings. The Morgan fingerprint density at radius 3 is 2.69 bits per heavy atom. The number of aromatic nitrogens is 1. The normalized spacial score (nSPS) is 15.5. The van der Waals surface area contributed by atoms with Crippen molar-refractivity contribution >= 4 is 6.03 Å². The van der Waals surface area contributed by atoms with Gasteiger partial charge < -0.3 is 14.7 Å². The van der Waals surface area contributed by atoms with Crippen molar-refractivity contribution in [2.24, 2.45) is 0 Å². The molecule has 0 radical (unpaired) electrons. The Labute approximate surface area is 94.8 Å². The van der Waals surface area contributed by atoms with Crippen LogP contribution in [0.3, 0.4) is 0 Å². The van der Waals surface area contributed by atoms with Crippen molar-refractivity contribution in [1.29, 1.82) is 0 Å². The highest BCUT2D eigenvalue weighted by Gasteiger charge is 2.18. The highest BCUT2D eigenvalue weighted by molar-refractivity contribution is 5.74. The van der Waals surface area contributed by atoms with Crippen LogP contribution in [0.4, 0.5) is 4.79 Å². The molecule has 0 bridgehead atoms. The lowest BCUT2D eigenvalue weighted by atomic mass is 10.2. The van der Waals surface area contributed by atoms with Crippen molar-refractivity contribution < 1.29 is 9.32 Å². The van der Waals surface area contributed by atoms with Gasteiger partial charge in [0.05, 0.1) is 5.69 Å². The molecular formula is C11H17N3O2. The van der Waals surface area contributed by atoms with Crippen molar-refractivity contribution in [2.45, 2.75) is 33.2 Å². The average Bonchev–Trinajstić information content (AvgIpc) is 2.87. The van der Waals surface area contributed by atoms with Gasteiger partial charge in [-0.1, -0.05) is 5.16 Å². The number of hydrogen-bond donors (Lipinski definition) is 1. The first-order valence-electron chi connectivity index (χ1n) is 5.63. The quantitative estimate of drug-likeness (QED) is 0.828. The first kappa shape index (κ1) is 11.0. The van der Waals surface area contributed by atoms with Gasteiger partial charge in [-0.3, -0.25) is 0 Å². The fourth-order valence-corrected chi connectivity index (χ4v) is 1.95. The molecule has 5 heteroatoms. The number of hydrogen-bond acceptors (Lipinski definition) is 3. The molecular weight excluding hydrogens is 206 g/mol. The van der Waals surface area contributed by atoms with Crippen molar-refractivity contribution in [3.63, 3.8) is 0 Å². The maximum Gasteiger partial charge on any atom is 0.317 e. The third kappa shape index (κ3) is 2.18. The highest BCUT2D eigenvalue weighted by Crippen LogP contribution is 2.12. The Balaban J connectivity index is 1.89. The van der Waals surface area contributed by atoms with Gasteiger partial charge in [-0.25, -0.2) is 4.79 Å². The van der Waals surface area contributed by atoms with E-state index in [0.29, 0.717) is 6.54 Å². The molecule has 5 nitrogen and oxygen atoms in total. The van der Waals surface area contributed by atoms with E-state index in [2.05, 4.69) is 10.5 Å². The average molecular weight is 223 g/mol. The van der Waals surface area contributed by atoms with Crippen molar-refractivity contribution in [1.82, 2.24) is 15.4 Å². The van der Waals surface area contributed by atoms with E-state index in [-0.39, 0.29) is 6.03 Å². The zero-order valence-corrected chi connectivity index (χ0v) is 9.75. The van der Waals surface area contributed by atoms with Crippen LogP contribution >= 0.6 is 0 Å². The van der Waals surface area contributed by atoms with Crippen LogP contribution in [-0.2, 0) is 6.54 Å². The fourth-order valence-electron chi connectivity index (χ4n) is 1.95. The Morgan fingerprint density at radius 2 is 2.12 bits per heavy atom. The van der Waals surface area contributed by atoms with Gasteiger partial charge in [0.15, 0.2) is 0 Å². The standard InChI is InChI=1S/C11H17N3O2/c1-8-10(9(2)16-13-8)7-12-11(15)14-5-3-4-6-14/h3-7H2,1-2H3,(H,12,15). The summed E-state index contributed by atoms with van der Waals surface area (Å²) in [4.78, 5) is 13.6. The number of rotatable bonds is 2. The maximum atomic E-state index is 11.7. The first-order chi connectivity index (χ1) is 7.68. The molecule has 0 atom stereocenters. The van der Waals surface area contributed by atoms with Crippen molar-refractivity contribution in [2.75, 3.05) is 13.1 Å². The molecule has 1 aliphatic heterocycles. The van der Waals surface area contributed by atoms with Gasteiger partial charge in [0, 0.05) is 25.2 Å². The number of amides is 2. The van der Waals surface area contributed by atoms with Crippen LogP contribution in [0, 0.1) is 13.8 Å². The van der Waals surface area contributed by atoms with Gasteiger partial charge in [-0.15, -0.1) is 0 Å². The van der Waals surface area contributed by atoms with Crippen LogP contribution in [0.25, 0.3) is 0 Å². The molecule has 0 unspecified atom stereocenters. The van der Waals surface area contributed by atoms with E-state index in [1.165, 1.54) is 0 Å². The molecule has 0 aliphatic carbocycles. The van der Waals surface area contributed by atoms with Gasteiger partial charge in [-0.05, 0) is 26.7 Å². The van der Waals surface area contributed by atoms with Crippen molar-refractivity contribution in [3.05, 3.63) is 17.0 Å². The minimum absolute atomic E-state index is 0.0116. The van der Waals surface area contributed by atoms with E-state index in [1.54, 1.807) is 0 Å². The largest absolute Gasteiger partial charge is 0.361 e. The van der Waals surface area contributed by atoms with E-state index in [1.807, 2.05) is 18.7 Å². The van der Waals surface area contributed by atoms with E-state index in [4.69, 9.17) is 4.52 Å². The van der Waals surface area contributed by atoms with Gasteiger partial charge >= 0.3 is 6.03 Å². The molecule has 2 amide bonds. The van der Waals surface area contributed by atoms with E-state index in [9.17, 15) is 4.79 Å². The number of likely N-dealkylation sites (tertiary alicyclic amines) is 1. The number of carbonyl (C=O) groups excluding carboxylic acids is 1. The SMILES string of the molecule is Cc1noc(C)c1CNC(=O)N1CCCC1. The molecule has 1 saturated heterocycles. The lowest BCUT2D eigenvalue weighted by Gasteiger charge is -2.15. The number of carbonyl (C=O) groups is 1. The summed E-state index contributed by atoms with van der Waals surface area (Å²) in [5.41, 5.74) is 1.83. The summed E-state index contributed by atoms with van der Waals surface area (Å²) in [6.07, 6.45) is 2.22. The zero-order valence-electron chi connectivity index (χ0n) is 9.75. The zero-order chi connectivity index (χ0) is 11.5. The summed E-state index contributed by atoms with van der Waals surface area (Å²) in [7, 11) is 0. The van der Waals surface area contributed by atoms with E-state index < -0.39 is 0 Å². The highest BCUT2D eigenvalue weighted by atomic mass is 16.5. The predicted molar refractivity (Wildman–Crippen MR) is 59.0 cm³/mol. The molecule has 1 aliphatic rings. The van der Waals surface area contributed by atoms with Crippen LogP contribution in [0.1, 0.15) is 29.9 Å². The van der Waals surface area contributed by atoms with Crippen LogP contribution in [0.2, 0.25) is 0 Å². The van der Waals surface area contributed by atoms with Gasteiger partial charge in [0.1, 0.15) is 5.76 Å². The molecule has 1 aromatic heterocycles. The lowest BCUT2D eigenvalue weighted by Crippen LogP contribution is -2.37. The molecule has 16 heavy (non-hydrogen) atoms. The summed E-state index contributed by atoms with van der Waals surface area (Å²) < 4.78 is 5.04. The van der Waals surface area contributed by atoms with Crippen LogP contribution in [0.15, 0.2) is 4.52 Å². The van der Waals surface area contributed by atoms with Gasteiger partial charge in [0.2, 0.25) is 0 Å².